The normalized spacial score (nSPS) is 10.8. The maximum atomic E-state index is 13.9. The Morgan fingerprint density at radius 1 is 1.33 bits per heavy atom. The molecule has 6 nitrogen and oxygen atoms in total. The molecule has 0 aliphatic heterocycles. The summed E-state index contributed by atoms with van der Waals surface area (Å²) in [4.78, 5) is 8.64. The molecule has 2 heterocycles. The quantitative estimate of drug-likeness (QED) is 0.671. The fourth-order valence-electron chi connectivity index (χ4n) is 1.89. The minimum atomic E-state index is -0.363. The number of H-pyrrole nitrogens is 1. The van der Waals surface area contributed by atoms with Crippen LogP contribution in [0.1, 0.15) is 6.92 Å². The van der Waals surface area contributed by atoms with Gasteiger partial charge in [-0.25, -0.2) is 4.39 Å². The molecule has 3 N–H and O–H groups in total. The number of aromatic nitrogens is 4. The van der Waals surface area contributed by atoms with Crippen LogP contribution in [-0.2, 0) is 0 Å². The molecule has 21 heavy (non-hydrogen) atoms. The van der Waals surface area contributed by atoms with E-state index < -0.39 is 0 Å². The maximum absolute atomic E-state index is 13.9. The average Bonchev–Trinajstić information content (AvgIpc) is 2.92. The molecule has 0 saturated carbocycles. The van der Waals surface area contributed by atoms with Crippen molar-refractivity contribution in [1.82, 2.24) is 20.2 Å². The minimum Gasteiger partial charge on any atom is -0.354 e. The summed E-state index contributed by atoms with van der Waals surface area (Å²) in [6.07, 6.45) is 1.60. The van der Waals surface area contributed by atoms with Gasteiger partial charge in [-0.05, 0) is 25.1 Å². The number of rotatable bonds is 4. The summed E-state index contributed by atoms with van der Waals surface area (Å²) in [6.45, 7) is 2.63. The molecule has 0 spiro atoms. The Hall–Kier alpha value is -2.22. The SMILES string of the molecule is CCNc1nc(Nc2cc(Br)ccc2F)c2cn[nH]c2n1. The number of fused-ring (bicyclic) bond motifs is 1. The molecule has 0 bridgehead atoms. The second-order valence-corrected chi connectivity index (χ2v) is 5.22. The van der Waals surface area contributed by atoms with E-state index in [-0.39, 0.29) is 5.82 Å². The highest BCUT2D eigenvalue weighted by atomic mass is 79.9. The van der Waals surface area contributed by atoms with E-state index in [1.165, 1.54) is 6.07 Å². The van der Waals surface area contributed by atoms with Crippen molar-refractivity contribution >= 4 is 44.4 Å². The predicted molar refractivity (Wildman–Crippen MR) is 83.2 cm³/mol. The van der Waals surface area contributed by atoms with Gasteiger partial charge in [-0.15, -0.1) is 0 Å². The van der Waals surface area contributed by atoms with Gasteiger partial charge in [0.25, 0.3) is 0 Å². The summed E-state index contributed by atoms with van der Waals surface area (Å²) in [6, 6.07) is 4.67. The number of halogens is 2. The van der Waals surface area contributed by atoms with Crippen molar-refractivity contribution in [1.29, 1.82) is 0 Å². The van der Waals surface area contributed by atoms with Crippen LogP contribution in [0, 0.1) is 5.82 Å². The lowest BCUT2D eigenvalue weighted by molar-refractivity contribution is 0.631. The van der Waals surface area contributed by atoms with Crippen LogP contribution < -0.4 is 10.6 Å². The lowest BCUT2D eigenvalue weighted by Crippen LogP contribution is -2.05. The van der Waals surface area contributed by atoms with Gasteiger partial charge in [0.05, 0.1) is 17.3 Å². The van der Waals surface area contributed by atoms with Crippen molar-refractivity contribution in [3.63, 3.8) is 0 Å². The van der Waals surface area contributed by atoms with Gasteiger partial charge < -0.3 is 10.6 Å². The van der Waals surface area contributed by atoms with Crippen LogP contribution in [0.4, 0.5) is 21.8 Å². The zero-order chi connectivity index (χ0) is 14.8. The van der Waals surface area contributed by atoms with Crippen LogP contribution in [0.3, 0.4) is 0 Å². The Balaban J connectivity index is 2.06. The molecule has 0 radical (unpaired) electrons. The second kappa shape index (κ2) is 5.65. The van der Waals surface area contributed by atoms with Gasteiger partial charge in [0.15, 0.2) is 5.65 Å². The second-order valence-electron chi connectivity index (χ2n) is 4.31. The molecule has 8 heteroatoms. The van der Waals surface area contributed by atoms with Crippen molar-refractivity contribution in [2.24, 2.45) is 0 Å². The molecule has 1 aromatic carbocycles. The van der Waals surface area contributed by atoms with Gasteiger partial charge in [-0.1, -0.05) is 15.9 Å². The average molecular weight is 351 g/mol. The summed E-state index contributed by atoms with van der Waals surface area (Å²) >= 11 is 3.32. The smallest absolute Gasteiger partial charge is 0.226 e. The summed E-state index contributed by atoms with van der Waals surface area (Å²) in [7, 11) is 0. The number of anilines is 3. The van der Waals surface area contributed by atoms with Crippen molar-refractivity contribution in [3.05, 3.63) is 34.7 Å². The van der Waals surface area contributed by atoms with E-state index in [0.29, 0.717) is 35.0 Å². The Bertz CT molecular complexity index is 787. The molecule has 0 aliphatic rings. The molecule has 0 fully saturated rings. The zero-order valence-corrected chi connectivity index (χ0v) is 12.7. The monoisotopic (exact) mass is 350 g/mol. The van der Waals surface area contributed by atoms with Gasteiger partial charge in [-0.3, -0.25) is 5.10 Å². The van der Waals surface area contributed by atoms with Crippen molar-refractivity contribution in [2.45, 2.75) is 6.92 Å². The third-order valence-electron chi connectivity index (χ3n) is 2.83. The fourth-order valence-corrected chi connectivity index (χ4v) is 2.25. The van der Waals surface area contributed by atoms with Crippen LogP contribution in [0.25, 0.3) is 11.0 Å². The van der Waals surface area contributed by atoms with E-state index in [1.54, 1.807) is 18.3 Å². The van der Waals surface area contributed by atoms with Crippen molar-refractivity contribution in [3.8, 4) is 0 Å². The van der Waals surface area contributed by atoms with Crippen LogP contribution in [0.15, 0.2) is 28.9 Å². The topological polar surface area (TPSA) is 78.5 Å². The third kappa shape index (κ3) is 2.80. The molecule has 108 valence electrons. The van der Waals surface area contributed by atoms with Crippen molar-refractivity contribution < 1.29 is 4.39 Å². The highest BCUT2D eigenvalue weighted by molar-refractivity contribution is 9.10. The van der Waals surface area contributed by atoms with E-state index in [2.05, 4.69) is 46.7 Å². The number of aromatic amines is 1. The zero-order valence-electron chi connectivity index (χ0n) is 11.1. The highest BCUT2D eigenvalue weighted by Crippen LogP contribution is 2.27. The molecule has 0 aliphatic carbocycles. The summed E-state index contributed by atoms with van der Waals surface area (Å²) in [5.41, 5.74) is 0.909. The number of nitrogens with zero attached hydrogens (tertiary/aromatic N) is 3. The number of benzene rings is 1. The molecule has 0 amide bonds. The Kier molecular flexibility index (Phi) is 3.70. The van der Waals surface area contributed by atoms with Crippen LogP contribution in [0.5, 0.6) is 0 Å². The van der Waals surface area contributed by atoms with Crippen molar-refractivity contribution in [2.75, 3.05) is 17.2 Å². The van der Waals surface area contributed by atoms with Gasteiger partial charge in [0, 0.05) is 11.0 Å². The van der Waals surface area contributed by atoms with E-state index in [1.807, 2.05) is 6.92 Å². The predicted octanol–water partition coefficient (Wildman–Crippen LogP) is 3.43. The van der Waals surface area contributed by atoms with Crippen LogP contribution >= 0.6 is 15.9 Å². The third-order valence-corrected chi connectivity index (χ3v) is 3.32. The summed E-state index contributed by atoms with van der Waals surface area (Å²) < 4.78 is 14.6. The van der Waals surface area contributed by atoms with Gasteiger partial charge in [0.1, 0.15) is 11.6 Å². The van der Waals surface area contributed by atoms with E-state index in [4.69, 9.17) is 0 Å². The van der Waals surface area contributed by atoms with Gasteiger partial charge in [-0.2, -0.15) is 15.1 Å². The molecule has 0 atom stereocenters. The molecule has 0 saturated heterocycles. The highest BCUT2D eigenvalue weighted by Gasteiger charge is 2.11. The first-order chi connectivity index (χ1) is 10.2. The van der Waals surface area contributed by atoms with Crippen LogP contribution in [-0.4, -0.2) is 26.7 Å². The molecular formula is C13H12BrFN6. The molecule has 2 aromatic heterocycles. The molecule has 3 aromatic rings. The number of hydrogen-bond acceptors (Lipinski definition) is 5. The Morgan fingerprint density at radius 2 is 2.19 bits per heavy atom. The maximum Gasteiger partial charge on any atom is 0.226 e. The first kappa shape index (κ1) is 13.7. The lowest BCUT2D eigenvalue weighted by Gasteiger charge is -2.10. The lowest BCUT2D eigenvalue weighted by atomic mass is 10.3. The first-order valence-electron chi connectivity index (χ1n) is 6.34. The first-order valence-corrected chi connectivity index (χ1v) is 7.13. The largest absolute Gasteiger partial charge is 0.354 e. The number of hydrogen-bond donors (Lipinski definition) is 3. The van der Waals surface area contributed by atoms with E-state index in [9.17, 15) is 4.39 Å². The molecule has 0 unspecified atom stereocenters. The Labute approximate surface area is 128 Å². The summed E-state index contributed by atoms with van der Waals surface area (Å²) in [5, 5.41) is 13.4. The fraction of sp³-hybridized carbons (Fsp3) is 0.154. The Morgan fingerprint density at radius 3 is 3.00 bits per heavy atom. The standard InChI is InChI=1S/C13H12BrFN6/c1-2-16-13-19-11(8-6-17-21-12(8)20-13)18-10-5-7(14)3-4-9(10)15/h3-6H,2H2,1H3,(H3,16,17,18,19,20,21). The number of nitrogens with one attached hydrogen (secondary N) is 3. The van der Waals surface area contributed by atoms with Gasteiger partial charge in [0.2, 0.25) is 5.95 Å². The molecule has 3 rings (SSSR count). The minimum absolute atomic E-state index is 0.327. The van der Waals surface area contributed by atoms with Crippen LogP contribution in [0.2, 0.25) is 0 Å². The molecular weight excluding hydrogens is 339 g/mol. The van der Waals surface area contributed by atoms with E-state index >= 15 is 0 Å². The van der Waals surface area contributed by atoms with Gasteiger partial charge >= 0.3 is 0 Å². The summed E-state index contributed by atoms with van der Waals surface area (Å²) in [5.74, 6) is 0.576. The van der Waals surface area contributed by atoms with E-state index in [0.717, 1.165) is 4.47 Å².